The lowest BCUT2D eigenvalue weighted by atomic mass is 10.4. The Morgan fingerprint density at radius 3 is 3.20 bits per heavy atom. The van der Waals surface area contributed by atoms with E-state index in [1.807, 2.05) is 11.8 Å². The molecule has 1 aliphatic heterocycles. The minimum Gasteiger partial charge on any atom is -0.313 e. The Bertz CT molecular complexity index is 81.7. The number of nitrogens with zero attached hydrogens (tertiary/aromatic N) is 1. The van der Waals surface area contributed by atoms with Crippen molar-refractivity contribution in [3.8, 4) is 0 Å². The fourth-order valence-electron chi connectivity index (χ4n) is 0.942. The molecule has 0 saturated carbocycles. The highest BCUT2D eigenvalue weighted by Crippen LogP contribution is 2.10. The Morgan fingerprint density at radius 1 is 1.70 bits per heavy atom. The Morgan fingerprint density at radius 2 is 2.60 bits per heavy atom. The molecule has 1 saturated heterocycles. The van der Waals surface area contributed by atoms with Gasteiger partial charge in [0.15, 0.2) is 0 Å². The average molecular weight is 159 g/mol. The molecule has 0 aromatic heterocycles. The predicted octanol–water partition coefficient (Wildman–Crippen LogP) is 0.663. The van der Waals surface area contributed by atoms with Gasteiger partial charge in [-0.3, -0.25) is 0 Å². The standard InChI is InChI=1S/C7H15N2S/c1-2-3-9-7-6-8-4-5-10-7/h7-8H,2-6H2,1H3. The molecule has 59 valence electrons. The van der Waals surface area contributed by atoms with Gasteiger partial charge < -0.3 is 5.32 Å². The summed E-state index contributed by atoms with van der Waals surface area (Å²) >= 11 is 1.97. The van der Waals surface area contributed by atoms with Crippen LogP contribution in [0.3, 0.4) is 0 Å². The molecule has 0 aromatic carbocycles. The number of hydrogen-bond donors (Lipinski definition) is 1. The van der Waals surface area contributed by atoms with Gasteiger partial charge >= 0.3 is 0 Å². The Balaban J connectivity index is 2.02. The summed E-state index contributed by atoms with van der Waals surface area (Å²) in [4.78, 5) is 0. The van der Waals surface area contributed by atoms with E-state index in [9.17, 15) is 0 Å². The van der Waals surface area contributed by atoms with Gasteiger partial charge in [-0.2, -0.15) is 0 Å². The van der Waals surface area contributed by atoms with Crippen LogP contribution in [0.5, 0.6) is 0 Å². The maximum atomic E-state index is 4.50. The van der Waals surface area contributed by atoms with Crippen molar-refractivity contribution in [3.05, 3.63) is 0 Å². The second kappa shape index (κ2) is 4.99. The Kier molecular flexibility index (Phi) is 4.18. The van der Waals surface area contributed by atoms with Crippen LogP contribution in [-0.4, -0.2) is 30.8 Å². The van der Waals surface area contributed by atoms with Crippen LogP contribution in [-0.2, 0) is 0 Å². The van der Waals surface area contributed by atoms with Crippen LogP contribution >= 0.6 is 11.8 Å². The normalized spacial score (nSPS) is 26.7. The van der Waals surface area contributed by atoms with Crippen LogP contribution in [0, 0.1) is 0 Å². The fraction of sp³-hybridized carbons (Fsp3) is 1.00. The van der Waals surface area contributed by atoms with E-state index in [0.717, 1.165) is 19.6 Å². The average Bonchev–Trinajstić information content (AvgIpc) is 2.03. The molecule has 0 amide bonds. The van der Waals surface area contributed by atoms with Crippen molar-refractivity contribution < 1.29 is 0 Å². The van der Waals surface area contributed by atoms with Crippen LogP contribution in [0.15, 0.2) is 0 Å². The molecule has 1 aliphatic rings. The van der Waals surface area contributed by atoms with E-state index in [2.05, 4.69) is 17.6 Å². The zero-order chi connectivity index (χ0) is 7.23. The molecular weight excluding hydrogens is 144 g/mol. The molecule has 0 aromatic rings. The van der Waals surface area contributed by atoms with Crippen molar-refractivity contribution in [1.29, 1.82) is 0 Å². The van der Waals surface area contributed by atoms with Gasteiger partial charge in [-0.05, 0) is 6.42 Å². The molecule has 2 nitrogen and oxygen atoms in total. The van der Waals surface area contributed by atoms with Crippen molar-refractivity contribution in [2.45, 2.75) is 18.7 Å². The number of nitrogens with one attached hydrogen (secondary N) is 1. The van der Waals surface area contributed by atoms with E-state index in [1.54, 1.807) is 0 Å². The smallest absolute Gasteiger partial charge is 0.0823 e. The molecule has 3 heteroatoms. The van der Waals surface area contributed by atoms with Gasteiger partial charge in [0, 0.05) is 25.4 Å². The third-order valence-electron chi connectivity index (χ3n) is 1.46. The molecular formula is C7H15N2S. The highest BCUT2D eigenvalue weighted by Gasteiger charge is 2.11. The lowest BCUT2D eigenvalue weighted by Gasteiger charge is -2.21. The minimum atomic E-state index is 0.536. The van der Waals surface area contributed by atoms with E-state index in [1.165, 1.54) is 12.2 Å². The lowest BCUT2D eigenvalue weighted by Crippen LogP contribution is -2.38. The molecule has 1 atom stereocenters. The second-order valence-corrected chi connectivity index (χ2v) is 3.72. The molecule has 0 spiro atoms. The highest BCUT2D eigenvalue weighted by molar-refractivity contribution is 7.99. The quantitative estimate of drug-likeness (QED) is 0.655. The van der Waals surface area contributed by atoms with E-state index in [0.29, 0.717) is 5.37 Å². The van der Waals surface area contributed by atoms with Crippen LogP contribution in [0.1, 0.15) is 13.3 Å². The Hall–Kier alpha value is 0.270. The minimum absolute atomic E-state index is 0.536. The molecule has 1 unspecified atom stereocenters. The SMILES string of the molecule is CCC[N]C1CNCCS1. The van der Waals surface area contributed by atoms with E-state index >= 15 is 0 Å². The number of thioether (sulfide) groups is 1. The summed E-state index contributed by atoms with van der Waals surface area (Å²) in [5.74, 6) is 1.22. The van der Waals surface area contributed by atoms with Crippen molar-refractivity contribution in [1.82, 2.24) is 10.6 Å². The first-order valence-corrected chi connectivity index (χ1v) is 4.97. The summed E-state index contributed by atoms with van der Waals surface area (Å²) in [6.07, 6.45) is 1.18. The van der Waals surface area contributed by atoms with Gasteiger partial charge in [-0.25, -0.2) is 5.32 Å². The summed E-state index contributed by atoms with van der Waals surface area (Å²) in [5.41, 5.74) is 0. The van der Waals surface area contributed by atoms with E-state index < -0.39 is 0 Å². The van der Waals surface area contributed by atoms with Crippen molar-refractivity contribution in [2.75, 3.05) is 25.4 Å². The lowest BCUT2D eigenvalue weighted by molar-refractivity contribution is 0.565. The van der Waals surface area contributed by atoms with E-state index in [4.69, 9.17) is 0 Å². The first kappa shape index (κ1) is 8.37. The summed E-state index contributed by atoms with van der Waals surface area (Å²) in [6.45, 7) is 5.43. The summed E-state index contributed by atoms with van der Waals surface area (Å²) in [7, 11) is 0. The van der Waals surface area contributed by atoms with Gasteiger partial charge in [0.2, 0.25) is 0 Å². The maximum absolute atomic E-state index is 4.50. The monoisotopic (exact) mass is 159 g/mol. The van der Waals surface area contributed by atoms with Gasteiger partial charge in [0.05, 0.1) is 5.37 Å². The molecule has 0 bridgehead atoms. The first-order valence-electron chi connectivity index (χ1n) is 3.92. The molecule has 1 radical (unpaired) electrons. The second-order valence-electron chi connectivity index (χ2n) is 2.44. The highest BCUT2D eigenvalue weighted by atomic mass is 32.2. The summed E-state index contributed by atoms with van der Waals surface area (Å²) < 4.78 is 0. The largest absolute Gasteiger partial charge is 0.313 e. The molecule has 1 heterocycles. The van der Waals surface area contributed by atoms with Crippen molar-refractivity contribution >= 4 is 11.8 Å². The van der Waals surface area contributed by atoms with Crippen LogP contribution in [0.25, 0.3) is 0 Å². The van der Waals surface area contributed by atoms with Gasteiger partial charge in [-0.15, -0.1) is 11.8 Å². The first-order chi connectivity index (χ1) is 4.93. The summed E-state index contributed by atoms with van der Waals surface area (Å²) in [6, 6.07) is 0. The van der Waals surface area contributed by atoms with Gasteiger partial charge in [0.1, 0.15) is 0 Å². The third-order valence-corrected chi connectivity index (χ3v) is 2.60. The number of hydrogen-bond acceptors (Lipinski definition) is 2. The van der Waals surface area contributed by atoms with Crippen LogP contribution in [0.4, 0.5) is 0 Å². The van der Waals surface area contributed by atoms with Crippen LogP contribution in [0.2, 0.25) is 0 Å². The molecule has 0 aliphatic carbocycles. The molecule has 1 fully saturated rings. The third kappa shape index (κ3) is 2.90. The fourth-order valence-corrected chi connectivity index (χ4v) is 1.92. The van der Waals surface area contributed by atoms with Crippen molar-refractivity contribution in [2.24, 2.45) is 0 Å². The predicted molar refractivity (Wildman–Crippen MR) is 46.4 cm³/mol. The zero-order valence-electron chi connectivity index (χ0n) is 6.47. The van der Waals surface area contributed by atoms with Gasteiger partial charge in [-0.1, -0.05) is 6.92 Å². The van der Waals surface area contributed by atoms with Gasteiger partial charge in [0.25, 0.3) is 0 Å². The van der Waals surface area contributed by atoms with Crippen molar-refractivity contribution in [3.63, 3.8) is 0 Å². The van der Waals surface area contributed by atoms with E-state index in [-0.39, 0.29) is 0 Å². The number of rotatable bonds is 3. The molecule has 10 heavy (non-hydrogen) atoms. The van der Waals surface area contributed by atoms with Crippen LogP contribution < -0.4 is 10.6 Å². The molecule has 1 rings (SSSR count). The molecule has 1 N–H and O–H groups in total. The topological polar surface area (TPSA) is 26.1 Å². The zero-order valence-corrected chi connectivity index (χ0v) is 7.28. The maximum Gasteiger partial charge on any atom is 0.0823 e. The Labute approximate surface area is 67.1 Å². The summed E-state index contributed by atoms with van der Waals surface area (Å²) in [5, 5.41) is 8.37.